The van der Waals surface area contributed by atoms with E-state index in [0.717, 1.165) is 34.9 Å². The van der Waals surface area contributed by atoms with Crippen LogP contribution in [0.5, 0.6) is 0 Å². The molecule has 1 aliphatic carbocycles. The van der Waals surface area contributed by atoms with Crippen LogP contribution in [0.3, 0.4) is 0 Å². The summed E-state index contributed by atoms with van der Waals surface area (Å²) < 4.78 is 2.16. The number of aryl methyl sites for hydroxylation is 1. The lowest BCUT2D eigenvalue weighted by atomic mass is 9.74. The summed E-state index contributed by atoms with van der Waals surface area (Å²) >= 11 is 0. The van der Waals surface area contributed by atoms with E-state index in [1.54, 1.807) is 0 Å². The molecule has 1 fully saturated rings. The van der Waals surface area contributed by atoms with Gasteiger partial charge in [0.2, 0.25) is 5.82 Å². The van der Waals surface area contributed by atoms with Crippen LogP contribution in [-0.2, 0) is 14.1 Å². The molecule has 7 heteroatoms. The van der Waals surface area contributed by atoms with Gasteiger partial charge in [0.1, 0.15) is 0 Å². The van der Waals surface area contributed by atoms with Crippen LogP contribution in [0.25, 0.3) is 0 Å². The highest BCUT2D eigenvalue weighted by Crippen LogP contribution is 2.35. The second-order valence-electron chi connectivity index (χ2n) is 5.69. The highest BCUT2D eigenvalue weighted by atomic mass is 16.3. The minimum atomic E-state index is -0.449. The van der Waals surface area contributed by atoms with Crippen LogP contribution in [0, 0.1) is 5.41 Å². The van der Waals surface area contributed by atoms with Gasteiger partial charge in [-0.05, 0) is 12.8 Å². The van der Waals surface area contributed by atoms with Gasteiger partial charge >= 0.3 is 5.69 Å². The quantitative estimate of drug-likeness (QED) is 0.800. The van der Waals surface area contributed by atoms with Gasteiger partial charge in [0, 0.05) is 26.1 Å². The van der Waals surface area contributed by atoms with Gasteiger partial charge in [-0.2, -0.15) is 0 Å². The number of aliphatic hydroxyl groups is 1. The average Bonchev–Trinajstić information content (AvgIpc) is 2.48. The molecule has 0 saturated heterocycles. The fraction of sp³-hybridized carbons (Fsp3) is 0.769. The molecule has 7 nitrogen and oxygen atoms in total. The van der Waals surface area contributed by atoms with Gasteiger partial charge in [-0.1, -0.05) is 19.3 Å². The third-order valence-corrected chi connectivity index (χ3v) is 4.20. The smallest absolute Gasteiger partial charge is 0.346 e. The van der Waals surface area contributed by atoms with Crippen LogP contribution < -0.4 is 16.6 Å². The Balaban J connectivity index is 2.18. The maximum Gasteiger partial charge on any atom is 0.346 e. The molecule has 20 heavy (non-hydrogen) atoms. The Bertz CT molecular complexity index is 584. The maximum absolute atomic E-state index is 12.0. The zero-order chi connectivity index (χ0) is 14.8. The van der Waals surface area contributed by atoms with Crippen molar-refractivity contribution in [3.63, 3.8) is 0 Å². The Hall–Kier alpha value is -1.63. The minimum Gasteiger partial charge on any atom is -0.396 e. The molecule has 2 N–H and O–H groups in total. The molecule has 0 aliphatic heterocycles. The molecule has 1 heterocycles. The molecule has 0 spiro atoms. The molecular formula is C13H22N4O3. The third kappa shape index (κ3) is 2.77. The fourth-order valence-corrected chi connectivity index (χ4v) is 2.77. The summed E-state index contributed by atoms with van der Waals surface area (Å²) in [6.07, 6.45) is 5.29. The summed E-state index contributed by atoms with van der Waals surface area (Å²) in [5, 5.41) is 16.6. The second-order valence-corrected chi connectivity index (χ2v) is 5.69. The van der Waals surface area contributed by atoms with Crippen molar-refractivity contribution >= 4 is 5.82 Å². The standard InChI is InChI=1S/C13H22N4O3/c1-16-11(19)10(15-17(2)12(16)20)14-8-13(9-18)6-4-3-5-7-13/h18H,3-9H2,1-2H3,(H,14,15). The molecule has 0 bridgehead atoms. The lowest BCUT2D eigenvalue weighted by Gasteiger charge is -2.35. The van der Waals surface area contributed by atoms with E-state index in [4.69, 9.17) is 0 Å². The highest BCUT2D eigenvalue weighted by Gasteiger charge is 2.31. The number of hydrogen-bond donors (Lipinski definition) is 2. The summed E-state index contributed by atoms with van der Waals surface area (Å²) in [6, 6.07) is 0. The minimum absolute atomic E-state index is 0.103. The van der Waals surface area contributed by atoms with Crippen LogP contribution in [0.15, 0.2) is 9.59 Å². The number of rotatable bonds is 4. The number of aromatic nitrogens is 3. The Morgan fingerprint density at radius 1 is 1.25 bits per heavy atom. The van der Waals surface area contributed by atoms with E-state index >= 15 is 0 Å². The van der Waals surface area contributed by atoms with E-state index in [2.05, 4.69) is 10.4 Å². The second kappa shape index (κ2) is 5.78. The van der Waals surface area contributed by atoms with Crippen molar-refractivity contribution < 1.29 is 5.11 Å². The van der Waals surface area contributed by atoms with Gasteiger partial charge < -0.3 is 10.4 Å². The van der Waals surface area contributed by atoms with Crippen molar-refractivity contribution in [2.75, 3.05) is 18.5 Å². The van der Waals surface area contributed by atoms with E-state index < -0.39 is 11.2 Å². The van der Waals surface area contributed by atoms with E-state index in [1.807, 2.05) is 0 Å². The van der Waals surface area contributed by atoms with Gasteiger partial charge in [0.05, 0.1) is 6.61 Å². The monoisotopic (exact) mass is 282 g/mol. The summed E-state index contributed by atoms with van der Waals surface area (Å²) in [5.74, 6) is 0.160. The predicted molar refractivity (Wildman–Crippen MR) is 75.8 cm³/mol. The molecule has 1 saturated carbocycles. The van der Waals surface area contributed by atoms with Crippen molar-refractivity contribution in [2.24, 2.45) is 19.5 Å². The maximum atomic E-state index is 12.0. The first-order valence-corrected chi connectivity index (χ1v) is 6.98. The molecule has 0 unspecified atom stereocenters. The molecule has 112 valence electrons. The Labute approximate surface area is 117 Å². The normalized spacial score (nSPS) is 17.9. The topological polar surface area (TPSA) is 89.2 Å². The largest absolute Gasteiger partial charge is 0.396 e. The molecular weight excluding hydrogens is 260 g/mol. The molecule has 1 aliphatic rings. The number of nitrogens with one attached hydrogen (secondary N) is 1. The van der Waals surface area contributed by atoms with Crippen molar-refractivity contribution in [3.8, 4) is 0 Å². The molecule has 2 rings (SSSR count). The van der Waals surface area contributed by atoms with E-state index in [-0.39, 0.29) is 17.8 Å². The first-order chi connectivity index (χ1) is 9.49. The van der Waals surface area contributed by atoms with Crippen molar-refractivity contribution in [1.29, 1.82) is 0 Å². The predicted octanol–water partition coefficient (Wildman–Crippen LogP) is -0.166. The molecule has 0 amide bonds. The lowest BCUT2D eigenvalue weighted by molar-refractivity contribution is 0.0942. The molecule has 1 aromatic rings. The Kier molecular flexibility index (Phi) is 4.27. The SMILES string of the molecule is Cn1nc(NCC2(CO)CCCCC2)c(=O)n(C)c1=O. The summed E-state index contributed by atoms with van der Waals surface area (Å²) in [7, 11) is 2.94. The molecule has 0 aromatic carbocycles. The van der Waals surface area contributed by atoms with Crippen LogP contribution in [-0.4, -0.2) is 32.6 Å². The highest BCUT2D eigenvalue weighted by molar-refractivity contribution is 5.30. The van der Waals surface area contributed by atoms with E-state index in [0.29, 0.717) is 6.54 Å². The first kappa shape index (κ1) is 14.8. The molecule has 1 aromatic heterocycles. The number of aliphatic hydroxyl groups excluding tert-OH is 1. The first-order valence-electron chi connectivity index (χ1n) is 6.98. The van der Waals surface area contributed by atoms with Gasteiger partial charge in [0.25, 0.3) is 5.56 Å². The summed E-state index contributed by atoms with van der Waals surface area (Å²) in [6.45, 7) is 0.607. The third-order valence-electron chi connectivity index (χ3n) is 4.20. The van der Waals surface area contributed by atoms with Gasteiger partial charge in [-0.25, -0.2) is 9.48 Å². The molecule has 0 atom stereocenters. The van der Waals surface area contributed by atoms with E-state index in [9.17, 15) is 14.7 Å². The van der Waals surface area contributed by atoms with E-state index in [1.165, 1.54) is 20.5 Å². The van der Waals surface area contributed by atoms with Gasteiger partial charge in [-0.3, -0.25) is 9.36 Å². The average molecular weight is 282 g/mol. The Morgan fingerprint density at radius 3 is 2.50 bits per heavy atom. The number of hydrogen-bond acceptors (Lipinski definition) is 5. The van der Waals surface area contributed by atoms with Crippen LogP contribution in [0.2, 0.25) is 0 Å². The van der Waals surface area contributed by atoms with Crippen LogP contribution >= 0.6 is 0 Å². The van der Waals surface area contributed by atoms with Crippen LogP contribution in [0.4, 0.5) is 5.82 Å². The lowest BCUT2D eigenvalue weighted by Crippen LogP contribution is -2.42. The number of nitrogens with zero attached hydrogens (tertiary/aromatic N) is 3. The van der Waals surface area contributed by atoms with Crippen molar-refractivity contribution in [2.45, 2.75) is 32.1 Å². The number of anilines is 1. The van der Waals surface area contributed by atoms with Gasteiger partial charge in [-0.15, -0.1) is 5.10 Å². The Morgan fingerprint density at radius 2 is 1.90 bits per heavy atom. The zero-order valence-corrected chi connectivity index (χ0v) is 12.1. The summed E-state index contributed by atoms with van der Waals surface area (Å²) in [4.78, 5) is 23.5. The zero-order valence-electron chi connectivity index (χ0n) is 12.1. The van der Waals surface area contributed by atoms with Crippen molar-refractivity contribution in [3.05, 3.63) is 20.8 Å². The fourth-order valence-electron chi connectivity index (χ4n) is 2.77. The van der Waals surface area contributed by atoms with Crippen molar-refractivity contribution in [1.82, 2.24) is 14.3 Å². The molecule has 0 radical (unpaired) electrons. The van der Waals surface area contributed by atoms with Crippen LogP contribution in [0.1, 0.15) is 32.1 Å². The summed E-state index contributed by atoms with van der Waals surface area (Å²) in [5.41, 5.74) is -1.06. The van der Waals surface area contributed by atoms with Gasteiger partial charge in [0.15, 0.2) is 0 Å².